The highest BCUT2D eigenvalue weighted by Crippen LogP contribution is 2.25. The molecular weight excluding hydrogens is 314 g/mol. The molecule has 122 valence electrons. The lowest BCUT2D eigenvalue weighted by Crippen LogP contribution is -2.41. The number of nitrogens with zero attached hydrogens (tertiary/aromatic N) is 3. The van der Waals surface area contributed by atoms with E-state index in [1.54, 1.807) is 31.5 Å². The van der Waals surface area contributed by atoms with Gasteiger partial charge < -0.3 is 14.2 Å². The van der Waals surface area contributed by atoms with Crippen LogP contribution in [0.1, 0.15) is 24.4 Å². The van der Waals surface area contributed by atoms with Crippen LogP contribution in [0, 0.1) is 0 Å². The second kappa shape index (κ2) is 7.04. The normalized spacial score (nSPS) is 18.0. The summed E-state index contributed by atoms with van der Waals surface area (Å²) < 4.78 is 7.41. The highest BCUT2D eigenvalue weighted by Gasteiger charge is 2.25. The molecule has 0 aliphatic carbocycles. The molecule has 6 heteroatoms. The molecule has 1 aliphatic rings. The zero-order valence-electron chi connectivity index (χ0n) is 13.1. The molecular formula is C17H20ClN3O2. The van der Waals surface area contributed by atoms with Gasteiger partial charge >= 0.3 is 0 Å². The molecule has 3 rings (SSSR count). The number of halogens is 1. The van der Waals surface area contributed by atoms with Gasteiger partial charge in [0.05, 0.1) is 25.9 Å². The number of likely N-dealkylation sites (tertiary alicyclic amines) is 1. The summed E-state index contributed by atoms with van der Waals surface area (Å²) in [5.41, 5.74) is 0.828. The van der Waals surface area contributed by atoms with Crippen LogP contribution in [0.25, 0.3) is 0 Å². The monoisotopic (exact) mass is 333 g/mol. The van der Waals surface area contributed by atoms with Crippen molar-refractivity contribution in [3.8, 4) is 5.75 Å². The van der Waals surface area contributed by atoms with Crippen molar-refractivity contribution in [1.29, 1.82) is 0 Å². The van der Waals surface area contributed by atoms with E-state index < -0.39 is 0 Å². The maximum Gasteiger partial charge on any atom is 0.227 e. The Labute approximate surface area is 140 Å². The minimum Gasteiger partial charge on any atom is -0.496 e. The molecule has 1 unspecified atom stereocenters. The van der Waals surface area contributed by atoms with E-state index in [1.807, 2.05) is 17.4 Å². The Morgan fingerprint density at radius 3 is 3.09 bits per heavy atom. The molecule has 1 atom stereocenters. The van der Waals surface area contributed by atoms with Crippen molar-refractivity contribution in [3.05, 3.63) is 47.5 Å². The molecule has 0 saturated carbocycles. The lowest BCUT2D eigenvalue weighted by atomic mass is 10.0. The first kappa shape index (κ1) is 15.9. The van der Waals surface area contributed by atoms with Crippen LogP contribution in [0.4, 0.5) is 0 Å². The number of aromatic nitrogens is 2. The van der Waals surface area contributed by atoms with Crippen molar-refractivity contribution >= 4 is 17.5 Å². The van der Waals surface area contributed by atoms with Gasteiger partial charge in [-0.3, -0.25) is 4.79 Å². The number of piperidine rings is 1. The molecule has 1 aromatic carbocycles. The van der Waals surface area contributed by atoms with Gasteiger partial charge in [-0.05, 0) is 31.0 Å². The minimum absolute atomic E-state index is 0.107. The first-order valence-corrected chi connectivity index (χ1v) is 8.13. The third-order valence-corrected chi connectivity index (χ3v) is 4.51. The number of benzene rings is 1. The van der Waals surface area contributed by atoms with Gasteiger partial charge in [-0.15, -0.1) is 0 Å². The van der Waals surface area contributed by atoms with Crippen molar-refractivity contribution < 1.29 is 9.53 Å². The summed E-state index contributed by atoms with van der Waals surface area (Å²) in [6.07, 6.45) is 7.93. The maximum atomic E-state index is 12.7. The Balaban J connectivity index is 1.69. The Bertz CT molecular complexity index is 672. The molecule has 1 amide bonds. The van der Waals surface area contributed by atoms with Gasteiger partial charge in [-0.2, -0.15) is 0 Å². The number of amides is 1. The maximum absolute atomic E-state index is 12.7. The summed E-state index contributed by atoms with van der Waals surface area (Å²) in [5, 5.41) is 0.614. The Hall–Kier alpha value is -2.01. The van der Waals surface area contributed by atoms with Crippen LogP contribution in [0.2, 0.25) is 5.02 Å². The third kappa shape index (κ3) is 3.67. The average molecular weight is 334 g/mol. The van der Waals surface area contributed by atoms with Gasteiger partial charge in [0.15, 0.2) is 0 Å². The fraction of sp³-hybridized carbons (Fsp3) is 0.412. The smallest absolute Gasteiger partial charge is 0.227 e. The number of carbonyl (C=O) groups excluding carboxylic acids is 1. The van der Waals surface area contributed by atoms with Crippen molar-refractivity contribution in [2.24, 2.45) is 0 Å². The Morgan fingerprint density at radius 2 is 2.35 bits per heavy atom. The molecule has 2 aromatic rings. The van der Waals surface area contributed by atoms with Crippen LogP contribution in [-0.4, -0.2) is 40.6 Å². The molecule has 1 aliphatic heterocycles. The van der Waals surface area contributed by atoms with Crippen LogP contribution in [0.3, 0.4) is 0 Å². The van der Waals surface area contributed by atoms with Gasteiger partial charge in [-0.25, -0.2) is 4.98 Å². The topological polar surface area (TPSA) is 47.4 Å². The molecule has 0 spiro atoms. The number of ether oxygens (including phenoxy) is 1. The average Bonchev–Trinajstić information content (AvgIpc) is 3.10. The van der Waals surface area contributed by atoms with E-state index >= 15 is 0 Å². The van der Waals surface area contributed by atoms with Crippen LogP contribution >= 0.6 is 11.6 Å². The second-order valence-electron chi connectivity index (χ2n) is 5.78. The summed E-state index contributed by atoms with van der Waals surface area (Å²) in [5.74, 6) is 0.807. The van der Waals surface area contributed by atoms with E-state index in [-0.39, 0.29) is 5.91 Å². The predicted octanol–water partition coefficient (Wildman–Crippen LogP) is 2.95. The second-order valence-corrected chi connectivity index (χ2v) is 6.22. The number of carbonyl (C=O) groups is 1. The third-order valence-electron chi connectivity index (χ3n) is 4.28. The zero-order valence-corrected chi connectivity index (χ0v) is 13.9. The van der Waals surface area contributed by atoms with E-state index in [9.17, 15) is 4.79 Å². The Kier molecular flexibility index (Phi) is 4.86. The first-order chi connectivity index (χ1) is 11.2. The molecule has 0 N–H and O–H groups in total. The van der Waals surface area contributed by atoms with E-state index in [0.717, 1.165) is 31.5 Å². The van der Waals surface area contributed by atoms with Crippen LogP contribution in [-0.2, 0) is 11.2 Å². The number of rotatable bonds is 4. The lowest BCUT2D eigenvalue weighted by Gasteiger charge is -2.33. The molecule has 1 fully saturated rings. The summed E-state index contributed by atoms with van der Waals surface area (Å²) in [7, 11) is 1.60. The number of hydrogen-bond donors (Lipinski definition) is 0. The summed E-state index contributed by atoms with van der Waals surface area (Å²) in [6.45, 7) is 1.52. The van der Waals surface area contributed by atoms with E-state index in [2.05, 4.69) is 9.55 Å². The van der Waals surface area contributed by atoms with Gasteiger partial charge in [-0.1, -0.05) is 11.6 Å². The fourth-order valence-corrected chi connectivity index (χ4v) is 3.26. The fourth-order valence-electron chi connectivity index (χ4n) is 3.07. The van der Waals surface area contributed by atoms with Crippen molar-refractivity contribution in [2.45, 2.75) is 25.3 Å². The first-order valence-electron chi connectivity index (χ1n) is 7.75. The van der Waals surface area contributed by atoms with E-state index in [1.165, 1.54) is 0 Å². The molecule has 0 radical (unpaired) electrons. The largest absolute Gasteiger partial charge is 0.496 e. The van der Waals surface area contributed by atoms with E-state index in [0.29, 0.717) is 23.2 Å². The zero-order chi connectivity index (χ0) is 16.2. The molecule has 0 bridgehead atoms. The standard InChI is InChI=1S/C17H20ClN3O2/c1-23-16-5-4-14(18)9-13(16)10-17(22)20-7-2-3-15(11-20)21-8-6-19-12-21/h4-6,8-9,12,15H,2-3,7,10-11H2,1H3. The summed E-state index contributed by atoms with van der Waals surface area (Å²) in [6, 6.07) is 5.67. The van der Waals surface area contributed by atoms with Crippen molar-refractivity contribution in [2.75, 3.05) is 20.2 Å². The van der Waals surface area contributed by atoms with Crippen LogP contribution in [0.5, 0.6) is 5.75 Å². The minimum atomic E-state index is 0.107. The van der Waals surface area contributed by atoms with Gasteiger partial charge in [0.2, 0.25) is 5.91 Å². The highest BCUT2D eigenvalue weighted by atomic mass is 35.5. The lowest BCUT2D eigenvalue weighted by molar-refractivity contribution is -0.132. The SMILES string of the molecule is COc1ccc(Cl)cc1CC(=O)N1CCCC(n2ccnc2)C1. The van der Waals surface area contributed by atoms with Crippen LogP contribution < -0.4 is 4.74 Å². The van der Waals surface area contributed by atoms with Crippen LogP contribution in [0.15, 0.2) is 36.9 Å². The van der Waals surface area contributed by atoms with Crippen molar-refractivity contribution in [3.63, 3.8) is 0 Å². The predicted molar refractivity (Wildman–Crippen MR) is 88.8 cm³/mol. The molecule has 5 nitrogen and oxygen atoms in total. The van der Waals surface area contributed by atoms with Crippen molar-refractivity contribution in [1.82, 2.24) is 14.5 Å². The van der Waals surface area contributed by atoms with Gasteiger partial charge in [0.25, 0.3) is 0 Å². The molecule has 23 heavy (non-hydrogen) atoms. The van der Waals surface area contributed by atoms with Gasteiger partial charge in [0, 0.05) is 36.1 Å². The number of imidazole rings is 1. The molecule has 2 heterocycles. The quantitative estimate of drug-likeness (QED) is 0.864. The number of methoxy groups -OCH3 is 1. The van der Waals surface area contributed by atoms with E-state index in [4.69, 9.17) is 16.3 Å². The molecule has 1 aromatic heterocycles. The Morgan fingerprint density at radius 1 is 1.48 bits per heavy atom. The summed E-state index contributed by atoms with van der Waals surface area (Å²) >= 11 is 6.04. The molecule has 1 saturated heterocycles. The highest BCUT2D eigenvalue weighted by molar-refractivity contribution is 6.30. The van der Waals surface area contributed by atoms with Gasteiger partial charge in [0.1, 0.15) is 5.75 Å². The summed E-state index contributed by atoms with van der Waals surface area (Å²) in [4.78, 5) is 18.7. The number of hydrogen-bond acceptors (Lipinski definition) is 3.